The SMILES string of the molecule is COCCOC(=O)C(CC(=O)O)=C(O)C(=O)N(Cc1ccc2ccccc2c1)[C@H](C)[C@H](CC=Cc1nc2ccccc2o1)c1ccc2c(c1)OCO2. The third kappa shape index (κ3) is 8.24. The molecule has 268 valence electrons. The zero-order valence-corrected chi connectivity index (χ0v) is 28.7. The summed E-state index contributed by atoms with van der Waals surface area (Å²) in [6, 6.07) is 25.9. The highest BCUT2D eigenvalue weighted by molar-refractivity contribution is 6.03. The van der Waals surface area contributed by atoms with Gasteiger partial charge in [-0.1, -0.05) is 60.7 Å². The van der Waals surface area contributed by atoms with Crippen LogP contribution in [0.25, 0.3) is 27.9 Å². The van der Waals surface area contributed by atoms with Crippen LogP contribution < -0.4 is 9.47 Å². The van der Waals surface area contributed by atoms with Gasteiger partial charge in [-0.2, -0.15) is 0 Å². The van der Waals surface area contributed by atoms with Gasteiger partial charge >= 0.3 is 11.9 Å². The summed E-state index contributed by atoms with van der Waals surface area (Å²) < 4.78 is 27.2. The van der Waals surface area contributed by atoms with Crippen molar-refractivity contribution in [3.63, 3.8) is 0 Å². The minimum Gasteiger partial charge on any atom is -0.503 e. The van der Waals surface area contributed by atoms with Crippen LogP contribution in [0.4, 0.5) is 0 Å². The molecular weight excluding hydrogens is 668 g/mol. The van der Waals surface area contributed by atoms with Gasteiger partial charge in [0.2, 0.25) is 12.7 Å². The van der Waals surface area contributed by atoms with Crippen LogP contribution in [0, 0.1) is 0 Å². The number of ether oxygens (including phenoxy) is 4. The van der Waals surface area contributed by atoms with Gasteiger partial charge in [-0.25, -0.2) is 9.78 Å². The molecule has 52 heavy (non-hydrogen) atoms. The smallest absolute Gasteiger partial charge is 0.338 e. The number of carbonyl (C=O) groups is 3. The van der Waals surface area contributed by atoms with E-state index in [1.165, 1.54) is 12.0 Å². The minimum atomic E-state index is -1.42. The summed E-state index contributed by atoms with van der Waals surface area (Å²) in [6.45, 7) is 1.77. The Morgan fingerprint density at radius 3 is 2.48 bits per heavy atom. The summed E-state index contributed by atoms with van der Waals surface area (Å²) in [6.07, 6.45) is 3.11. The molecule has 0 saturated heterocycles. The molecule has 6 rings (SSSR count). The van der Waals surface area contributed by atoms with Crippen molar-refractivity contribution in [2.45, 2.75) is 38.3 Å². The number of aliphatic hydroxyl groups excluding tert-OH is 1. The maximum Gasteiger partial charge on any atom is 0.338 e. The molecule has 4 aromatic carbocycles. The molecule has 2 heterocycles. The van der Waals surface area contributed by atoms with Crippen molar-refractivity contribution in [2.75, 3.05) is 27.1 Å². The van der Waals surface area contributed by atoms with E-state index in [4.69, 9.17) is 23.4 Å². The third-order valence-electron chi connectivity index (χ3n) is 8.87. The van der Waals surface area contributed by atoms with Crippen molar-refractivity contribution in [3.8, 4) is 11.5 Å². The maximum atomic E-state index is 14.4. The number of oxazole rings is 1. The highest BCUT2D eigenvalue weighted by Crippen LogP contribution is 2.38. The third-order valence-corrected chi connectivity index (χ3v) is 8.87. The van der Waals surface area contributed by atoms with E-state index in [-0.39, 0.29) is 26.6 Å². The first-order chi connectivity index (χ1) is 25.2. The number of methoxy groups -OCH3 is 1. The molecule has 1 amide bonds. The van der Waals surface area contributed by atoms with E-state index < -0.39 is 47.6 Å². The van der Waals surface area contributed by atoms with E-state index in [1.54, 1.807) is 12.1 Å². The Bertz CT molecular complexity index is 2120. The van der Waals surface area contributed by atoms with Crippen LogP contribution >= 0.6 is 0 Å². The monoisotopic (exact) mass is 706 g/mol. The normalized spacial score (nSPS) is 14.0. The van der Waals surface area contributed by atoms with E-state index in [0.29, 0.717) is 29.4 Å². The second kappa shape index (κ2) is 16.3. The van der Waals surface area contributed by atoms with Crippen molar-refractivity contribution in [1.82, 2.24) is 9.88 Å². The van der Waals surface area contributed by atoms with Crippen LogP contribution in [0.3, 0.4) is 0 Å². The van der Waals surface area contributed by atoms with Gasteiger partial charge < -0.3 is 38.5 Å². The number of esters is 1. The lowest BCUT2D eigenvalue weighted by molar-refractivity contribution is -0.144. The van der Waals surface area contributed by atoms with Gasteiger partial charge in [0.15, 0.2) is 22.8 Å². The van der Waals surface area contributed by atoms with E-state index >= 15 is 0 Å². The van der Waals surface area contributed by atoms with Crippen LogP contribution in [0.1, 0.15) is 42.7 Å². The number of allylic oxidation sites excluding steroid dienone is 1. The highest BCUT2D eigenvalue weighted by Gasteiger charge is 2.34. The first kappa shape index (κ1) is 35.7. The number of benzene rings is 4. The number of carbonyl (C=O) groups excluding carboxylic acids is 2. The summed E-state index contributed by atoms with van der Waals surface area (Å²) in [7, 11) is 1.41. The Hall–Kier alpha value is -6.14. The standard InChI is InChI=1S/C40H38N2O10/c1-25(30(29-16-17-34-35(21-29)51-24-50-34)10-7-13-36-41-32-11-5-6-12-33(32)52-36)42(23-26-14-15-27-8-3-4-9-28(27)20-26)39(46)38(45)31(22-37(43)44)40(47)49-19-18-48-2/h3-9,11-17,20-21,25,30,45H,10,18-19,22-24H2,1-2H3,(H,43,44)/t25-,30+/m1/s1. The summed E-state index contributed by atoms with van der Waals surface area (Å²) in [5, 5.41) is 23.0. The molecule has 0 unspecified atom stereocenters. The number of hydrogen-bond donors (Lipinski definition) is 2. The molecule has 1 aliphatic heterocycles. The Kier molecular flexibility index (Phi) is 11.2. The molecule has 0 bridgehead atoms. The van der Waals surface area contributed by atoms with Crippen LogP contribution in [0.2, 0.25) is 0 Å². The molecule has 12 heteroatoms. The van der Waals surface area contributed by atoms with Crippen LogP contribution in [0.5, 0.6) is 11.5 Å². The molecule has 5 aromatic rings. The first-order valence-electron chi connectivity index (χ1n) is 16.7. The number of aliphatic carboxylic acids is 1. The number of nitrogens with zero attached hydrogens (tertiary/aromatic N) is 2. The Morgan fingerprint density at radius 2 is 1.69 bits per heavy atom. The fourth-order valence-corrected chi connectivity index (χ4v) is 6.16. The number of aromatic nitrogens is 1. The Morgan fingerprint density at radius 1 is 0.923 bits per heavy atom. The van der Waals surface area contributed by atoms with Gasteiger partial charge in [0.05, 0.1) is 18.6 Å². The van der Waals surface area contributed by atoms with Gasteiger partial charge in [0, 0.05) is 25.6 Å². The largest absolute Gasteiger partial charge is 0.503 e. The second-order valence-electron chi connectivity index (χ2n) is 12.3. The van der Waals surface area contributed by atoms with E-state index in [0.717, 1.165) is 27.4 Å². The molecular formula is C40H38N2O10. The molecule has 12 nitrogen and oxygen atoms in total. The fourth-order valence-electron chi connectivity index (χ4n) is 6.16. The first-order valence-corrected chi connectivity index (χ1v) is 16.7. The van der Waals surface area contributed by atoms with Crippen LogP contribution in [0.15, 0.2) is 107 Å². The fraction of sp³-hybridized carbons (Fsp3) is 0.250. The van der Waals surface area contributed by atoms with Crippen molar-refractivity contribution >= 4 is 45.8 Å². The lowest BCUT2D eigenvalue weighted by atomic mass is 9.87. The molecule has 0 saturated carbocycles. The molecule has 1 aliphatic rings. The second-order valence-corrected chi connectivity index (χ2v) is 12.3. The Balaban J connectivity index is 1.40. The molecule has 0 spiro atoms. The number of amides is 1. The van der Waals surface area contributed by atoms with E-state index in [9.17, 15) is 24.6 Å². The lowest BCUT2D eigenvalue weighted by Crippen LogP contribution is -2.43. The van der Waals surface area contributed by atoms with Crippen LogP contribution in [-0.2, 0) is 30.4 Å². The predicted octanol–water partition coefficient (Wildman–Crippen LogP) is 6.79. The maximum absolute atomic E-state index is 14.4. The van der Waals surface area contributed by atoms with Crippen molar-refractivity contribution in [2.24, 2.45) is 0 Å². The van der Waals surface area contributed by atoms with Gasteiger partial charge in [-0.15, -0.1) is 0 Å². The molecule has 2 atom stereocenters. The zero-order chi connectivity index (χ0) is 36.6. The average Bonchev–Trinajstić information content (AvgIpc) is 3.80. The molecule has 0 aliphatic carbocycles. The summed E-state index contributed by atoms with van der Waals surface area (Å²) in [5.41, 5.74) is 2.26. The average molecular weight is 707 g/mol. The number of para-hydroxylation sites is 2. The zero-order valence-electron chi connectivity index (χ0n) is 28.7. The predicted molar refractivity (Wildman–Crippen MR) is 192 cm³/mol. The van der Waals surface area contributed by atoms with Gasteiger partial charge in [-0.05, 0) is 71.7 Å². The van der Waals surface area contributed by atoms with Gasteiger partial charge in [-0.3, -0.25) is 9.59 Å². The number of fused-ring (bicyclic) bond motifs is 3. The molecule has 0 fully saturated rings. The van der Waals surface area contributed by atoms with Gasteiger partial charge in [0.25, 0.3) is 5.91 Å². The number of rotatable bonds is 15. The van der Waals surface area contributed by atoms with E-state index in [1.807, 2.05) is 91.9 Å². The van der Waals surface area contributed by atoms with Crippen molar-refractivity contribution in [3.05, 3.63) is 119 Å². The number of carboxylic acids is 1. The van der Waals surface area contributed by atoms with Gasteiger partial charge in [0.1, 0.15) is 12.1 Å². The topological polar surface area (TPSA) is 158 Å². The number of carboxylic acid groups (broad SMARTS) is 1. The summed E-state index contributed by atoms with van der Waals surface area (Å²) in [5.74, 6) is -3.36. The number of aliphatic hydroxyl groups is 1. The summed E-state index contributed by atoms with van der Waals surface area (Å²) in [4.78, 5) is 45.2. The van der Waals surface area contributed by atoms with Crippen molar-refractivity contribution in [1.29, 1.82) is 0 Å². The molecule has 0 radical (unpaired) electrons. The lowest BCUT2D eigenvalue weighted by Gasteiger charge is -2.35. The highest BCUT2D eigenvalue weighted by atomic mass is 16.7. The quantitative estimate of drug-likeness (QED) is 0.0511. The van der Waals surface area contributed by atoms with Crippen molar-refractivity contribution < 1.29 is 48.0 Å². The minimum absolute atomic E-state index is 0.0177. The summed E-state index contributed by atoms with van der Waals surface area (Å²) >= 11 is 0. The molecule has 2 N–H and O–H groups in total. The Labute approximate surface area is 299 Å². The van der Waals surface area contributed by atoms with Crippen LogP contribution in [-0.4, -0.2) is 71.1 Å². The number of hydrogen-bond acceptors (Lipinski definition) is 10. The molecule has 1 aromatic heterocycles. The van der Waals surface area contributed by atoms with E-state index in [2.05, 4.69) is 4.98 Å².